The number of benzene rings is 1. The van der Waals surface area contributed by atoms with Gasteiger partial charge in [0, 0.05) is 30.5 Å². The number of piperazine rings is 1. The molecule has 0 amide bonds. The zero-order valence-corrected chi connectivity index (χ0v) is 26.6. The lowest BCUT2D eigenvalue weighted by atomic mass is 10.1. The molecule has 1 aliphatic heterocycles. The van der Waals surface area contributed by atoms with Gasteiger partial charge in [0.2, 0.25) is 0 Å². The standard InChI is InChI=1S/C31H50N7O2S/c1-6-7-10-27-34-29-30(37(27)15-9-8-14-35(2)3)25-23-24(11-12-26(25)33-31(29)32)36-16-18-38(4,19-17-36)20-22-40-21-13-28(39)41-5/h11-12,23H,6-10,13-22H2,1-5H3,(H2,32,33)/q+1. The lowest BCUT2D eigenvalue weighted by molar-refractivity contribution is -0.910. The molecule has 0 atom stereocenters. The van der Waals surface area contributed by atoms with Crippen LogP contribution in [-0.4, -0.2) is 109 Å². The van der Waals surface area contributed by atoms with E-state index in [0.717, 1.165) is 110 Å². The van der Waals surface area contributed by atoms with E-state index in [9.17, 15) is 4.79 Å². The number of hydrogen-bond acceptors (Lipinski definition) is 8. The molecular weight excluding hydrogens is 534 g/mol. The van der Waals surface area contributed by atoms with E-state index < -0.39 is 0 Å². The van der Waals surface area contributed by atoms with Crippen molar-refractivity contribution in [3.63, 3.8) is 0 Å². The highest BCUT2D eigenvalue weighted by Crippen LogP contribution is 2.33. The Morgan fingerprint density at radius 1 is 1.15 bits per heavy atom. The summed E-state index contributed by atoms with van der Waals surface area (Å²) in [4.78, 5) is 26.0. The van der Waals surface area contributed by atoms with Gasteiger partial charge in [-0.2, -0.15) is 0 Å². The molecule has 41 heavy (non-hydrogen) atoms. The van der Waals surface area contributed by atoms with Crippen LogP contribution in [-0.2, 0) is 22.5 Å². The minimum Gasteiger partial charge on any atom is -0.382 e. The molecule has 0 aliphatic carbocycles. The Bertz CT molecular complexity index is 1300. The van der Waals surface area contributed by atoms with Crippen molar-refractivity contribution in [3.05, 3.63) is 24.0 Å². The van der Waals surface area contributed by atoms with Crippen LogP contribution in [0.5, 0.6) is 0 Å². The quantitative estimate of drug-likeness (QED) is 0.208. The van der Waals surface area contributed by atoms with Gasteiger partial charge in [0.1, 0.15) is 17.9 Å². The number of fused-ring (bicyclic) bond motifs is 3. The van der Waals surface area contributed by atoms with Crippen molar-refractivity contribution in [2.45, 2.75) is 52.0 Å². The maximum Gasteiger partial charge on any atom is 0.190 e. The van der Waals surface area contributed by atoms with Crippen LogP contribution in [0.25, 0.3) is 21.9 Å². The maximum absolute atomic E-state index is 11.5. The summed E-state index contributed by atoms with van der Waals surface area (Å²) in [5, 5.41) is 1.33. The smallest absolute Gasteiger partial charge is 0.190 e. The third kappa shape index (κ3) is 8.12. The summed E-state index contributed by atoms with van der Waals surface area (Å²) in [5.41, 5.74) is 10.6. The first-order chi connectivity index (χ1) is 19.7. The molecule has 3 heterocycles. The predicted octanol–water partition coefficient (Wildman–Crippen LogP) is 4.41. The van der Waals surface area contributed by atoms with Crippen LogP contribution in [0.3, 0.4) is 0 Å². The van der Waals surface area contributed by atoms with E-state index in [1.54, 1.807) is 0 Å². The monoisotopic (exact) mass is 584 g/mol. The number of unbranched alkanes of at least 4 members (excludes halogenated alkanes) is 2. The Morgan fingerprint density at radius 3 is 2.63 bits per heavy atom. The molecule has 1 fully saturated rings. The molecule has 0 bridgehead atoms. The van der Waals surface area contributed by atoms with Gasteiger partial charge in [-0.05, 0) is 64.4 Å². The molecule has 4 rings (SSSR count). The Hall–Kier alpha value is -2.40. The fourth-order valence-electron chi connectivity index (χ4n) is 5.68. The molecular formula is C31H50N7O2S+. The number of nitrogens with zero attached hydrogens (tertiary/aromatic N) is 6. The highest BCUT2D eigenvalue weighted by atomic mass is 32.2. The average Bonchev–Trinajstić information content (AvgIpc) is 3.33. The number of nitrogen functional groups attached to an aromatic ring is 1. The van der Waals surface area contributed by atoms with Crippen molar-refractivity contribution in [1.29, 1.82) is 0 Å². The van der Waals surface area contributed by atoms with Gasteiger partial charge in [0.05, 0.1) is 57.5 Å². The van der Waals surface area contributed by atoms with Crippen molar-refractivity contribution < 1.29 is 14.0 Å². The zero-order valence-electron chi connectivity index (χ0n) is 25.8. The molecule has 3 aromatic rings. The third-order valence-electron chi connectivity index (χ3n) is 8.39. The first kappa shape index (κ1) is 31.5. The fraction of sp³-hybridized carbons (Fsp3) is 0.645. The highest BCUT2D eigenvalue weighted by Gasteiger charge is 2.29. The van der Waals surface area contributed by atoms with Crippen molar-refractivity contribution in [1.82, 2.24) is 19.4 Å². The number of hydrogen-bond donors (Lipinski definition) is 1. The van der Waals surface area contributed by atoms with Crippen LogP contribution in [0.1, 0.15) is 44.9 Å². The fourth-order valence-corrected chi connectivity index (χ4v) is 5.97. The van der Waals surface area contributed by atoms with Gasteiger partial charge in [0.15, 0.2) is 10.9 Å². The number of carbonyl (C=O) groups excluding carboxylic acids is 1. The molecule has 0 radical (unpaired) electrons. The van der Waals surface area contributed by atoms with Crippen molar-refractivity contribution in [3.8, 4) is 0 Å². The number of quaternary nitrogens is 1. The summed E-state index contributed by atoms with van der Waals surface area (Å²) >= 11 is 1.28. The number of nitrogens with two attached hydrogens (primary N) is 1. The topological polar surface area (TPSA) is 89.5 Å². The number of thioether (sulfide) groups is 1. The van der Waals surface area contributed by atoms with Crippen molar-refractivity contribution in [2.24, 2.45) is 0 Å². The molecule has 1 saturated heterocycles. The molecule has 1 aromatic carbocycles. The summed E-state index contributed by atoms with van der Waals surface area (Å²) in [6.07, 6.45) is 7.78. The normalized spacial score (nSPS) is 15.4. The van der Waals surface area contributed by atoms with Gasteiger partial charge in [-0.15, -0.1) is 0 Å². The van der Waals surface area contributed by atoms with Gasteiger partial charge in [0.25, 0.3) is 0 Å². The predicted molar refractivity (Wildman–Crippen MR) is 173 cm³/mol. The number of carbonyl (C=O) groups is 1. The molecule has 0 unspecified atom stereocenters. The minimum absolute atomic E-state index is 0.189. The second-order valence-corrected chi connectivity index (χ2v) is 12.8. The van der Waals surface area contributed by atoms with E-state index in [1.165, 1.54) is 17.4 Å². The van der Waals surface area contributed by atoms with Gasteiger partial charge in [-0.1, -0.05) is 25.1 Å². The Morgan fingerprint density at radius 2 is 1.93 bits per heavy atom. The number of likely N-dealkylation sites (N-methyl/N-ethyl adjacent to an activating group) is 1. The Balaban J connectivity index is 1.52. The first-order valence-corrected chi connectivity index (χ1v) is 16.4. The number of ether oxygens (including phenoxy) is 1. The summed E-state index contributed by atoms with van der Waals surface area (Å²) in [5.74, 6) is 1.65. The first-order valence-electron chi connectivity index (χ1n) is 15.2. The molecule has 2 aromatic heterocycles. The highest BCUT2D eigenvalue weighted by molar-refractivity contribution is 8.13. The second kappa shape index (κ2) is 14.7. The number of pyridine rings is 1. The van der Waals surface area contributed by atoms with Crippen LogP contribution in [0.15, 0.2) is 18.2 Å². The van der Waals surface area contributed by atoms with Gasteiger partial charge in [-0.3, -0.25) is 4.79 Å². The molecule has 10 heteroatoms. The van der Waals surface area contributed by atoms with Gasteiger partial charge < -0.3 is 29.3 Å². The van der Waals surface area contributed by atoms with Crippen LogP contribution < -0.4 is 10.6 Å². The number of imidazole rings is 1. The summed E-state index contributed by atoms with van der Waals surface area (Å²) < 4.78 is 9.20. The van der Waals surface area contributed by atoms with Crippen LogP contribution in [0.4, 0.5) is 11.5 Å². The lowest BCUT2D eigenvalue weighted by Gasteiger charge is -2.42. The lowest BCUT2D eigenvalue weighted by Crippen LogP contribution is -2.58. The van der Waals surface area contributed by atoms with E-state index >= 15 is 0 Å². The largest absolute Gasteiger partial charge is 0.382 e. The zero-order chi connectivity index (χ0) is 29.4. The molecule has 9 nitrogen and oxygen atoms in total. The van der Waals surface area contributed by atoms with E-state index in [0.29, 0.717) is 25.5 Å². The minimum atomic E-state index is 0.189. The van der Waals surface area contributed by atoms with E-state index in [2.05, 4.69) is 60.6 Å². The third-order valence-corrected chi connectivity index (χ3v) is 9.05. The summed E-state index contributed by atoms with van der Waals surface area (Å²) in [6, 6.07) is 6.63. The van der Waals surface area contributed by atoms with Crippen molar-refractivity contribution >= 4 is 50.3 Å². The molecule has 1 aliphatic rings. The summed E-state index contributed by atoms with van der Waals surface area (Å²) in [7, 11) is 6.58. The maximum atomic E-state index is 11.5. The average molecular weight is 585 g/mol. The molecule has 0 spiro atoms. The molecule has 226 valence electrons. The second-order valence-electron chi connectivity index (χ2n) is 11.9. The van der Waals surface area contributed by atoms with Crippen LogP contribution in [0, 0.1) is 0 Å². The number of aromatic nitrogens is 3. The van der Waals surface area contributed by atoms with E-state index in [4.69, 9.17) is 20.4 Å². The molecule has 2 N–H and O–H groups in total. The van der Waals surface area contributed by atoms with Crippen LogP contribution in [0.2, 0.25) is 0 Å². The summed E-state index contributed by atoms with van der Waals surface area (Å²) in [6.45, 7) is 10.5. The number of rotatable bonds is 15. The van der Waals surface area contributed by atoms with Crippen molar-refractivity contribution in [2.75, 3.05) is 90.5 Å². The number of anilines is 2. The van der Waals surface area contributed by atoms with Crippen LogP contribution >= 0.6 is 11.8 Å². The van der Waals surface area contributed by atoms with E-state index in [1.807, 2.05) is 6.26 Å². The molecule has 0 saturated carbocycles. The Kier molecular flexibility index (Phi) is 11.3. The van der Waals surface area contributed by atoms with Gasteiger partial charge in [-0.25, -0.2) is 9.97 Å². The van der Waals surface area contributed by atoms with E-state index in [-0.39, 0.29) is 5.12 Å². The number of aryl methyl sites for hydroxylation is 2. The van der Waals surface area contributed by atoms with Gasteiger partial charge >= 0.3 is 0 Å². The SMILES string of the molecule is CCCCc1nc2c(N)nc3ccc(N4CC[N+](C)(CCOCCC(=O)SC)CC4)cc3c2n1CCCCN(C)C. The Labute approximate surface area is 250 Å².